The molecule has 0 radical (unpaired) electrons. The van der Waals surface area contributed by atoms with E-state index in [-0.39, 0.29) is 5.91 Å². The van der Waals surface area contributed by atoms with Crippen molar-refractivity contribution in [3.8, 4) is 0 Å². The third kappa shape index (κ3) is 18.7. The van der Waals surface area contributed by atoms with E-state index in [0.717, 1.165) is 38.5 Å². The first-order chi connectivity index (χ1) is 21.0. The summed E-state index contributed by atoms with van der Waals surface area (Å²) in [6.07, 6.45) is 24.9. The summed E-state index contributed by atoms with van der Waals surface area (Å²) < 4.78 is 5.78. The number of amides is 1. The monoisotopic (exact) mass is 614 g/mol. The maximum Gasteiger partial charge on any atom is 0.224 e. The second-order valence-electron chi connectivity index (χ2n) is 13.2. The standard InChI is InChI=1S/C36H71NO6/c1-3-5-7-9-11-13-15-16-17-18-19-20-22-24-26-28-32(39)37(29-27-25-23-21-14-12-10-8-6-4-2)36-35(42)34(41)33(40)31(30-38)43-36/h31,33-36,38,40-42H,3-30H2,1-2H3/t31-,33-,34+,35-,36-/m1/s1. The quantitative estimate of drug-likeness (QED) is 0.0641. The Hall–Kier alpha value is -0.730. The fraction of sp³-hybridized carbons (Fsp3) is 0.972. The van der Waals surface area contributed by atoms with Gasteiger partial charge in [-0.2, -0.15) is 0 Å². The first kappa shape index (κ1) is 40.3. The molecule has 4 N–H and O–H groups in total. The Bertz CT molecular complexity index is 633. The average Bonchev–Trinajstić information content (AvgIpc) is 3.01. The Kier molecular flexibility index (Phi) is 25.8. The van der Waals surface area contributed by atoms with Crippen LogP contribution in [0.4, 0.5) is 0 Å². The van der Waals surface area contributed by atoms with Crippen LogP contribution in [0.25, 0.3) is 0 Å². The Morgan fingerprint density at radius 1 is 0.535 bits per heavy atom. The Morgan fingerprint density at radius 2 is 0.907 bits per heavy atom. The molecule has 1 rings (SSSR count). The summed E-state index contributed by atoms with van der Waals surface area (Å²) in [6.45, 7) is 4.46. The second kappa shape index (κ2) is 27.6. The Morgan fingerprint density at radius 3 is 1.30 bits per heavy atom. The lowest BCUT2D eigenvalue weighted by atomic mass is 9.97. The van der Waals surface area contributed by atoms with E-state index in [9.17, 15) is 25.2 Å². The van der Waals surface area contributed by atoms with Gasteiger partial charge in [-0.15, -0.1) is 0 Å². The summed E-state index contributed by atoms with van der Waals surface area (Å²) in [5.74, 6) is -0.0880. The normalized spacial score (nSPS) is 22.2. The highest BCUT2D eigenvalue weighted by atomic mass is 16.6. The third-order valence-corrected chi connectivity index (χ3v) is 9.24. The van der Waals surface area contributed by atoms with Gasteiger partial charge in [0, 0.05) is 13.0 Å². The van der Waals surface area contributed by atoms with E-state index >= 15 is 0 Å². The molecule has 7 nitrogen and oxygen atoms in total. The van der Waals surface area contributed by atoms with Gasteiger partial charge in [0.05, 0.1) is 6.61 Å². The summed E-state index contributed by atoms with van der Waals surface area (Å²) in [5, 5.41) is 40.9. The van der Waals surface area contributed by atoms with Gasteiger partial charge >= 0.3 is 0 Å². The van der Waals surface area contributed by atoms with Gasteiger partial charge in [-0.05, 0) is 12.8 Å². The number of rotatable bonds is 29. The zero-order chi connectivity index (χ0) is 31.5. The molecule has 43 heavy (non-hydrogen) atoms. The van der Waals surface area contributed by atoms with Crippen LogP contribution in [-0.4, -0.2) is 75.0 Å². The summed E-state index contributed by atoms with van der Waals surface area (Å²) >= 11 is 0. The molecule has 1 fully saturated rings. The van der Waals surface area contributed by atoms with Gasteiger partial charge in [0.2, 0.25) is 5.91 Å². The topological polar surface area (TPSA) is 110 Å². The molecular weight excluding hydrogens is 542 g/mol. The molecule has 7 heteroatoms. The van der Waals surface area contributed by atoms with Crippen molar-refractivity contribution in [2.75, 3.05) is 13.2 Å². The van der Waals surface area contributed by atoms with Gasteiger partial charge in [0.1, 0.15) is 24.4 Å². The van der Waals surface area contributed by atoms with Crippen LogP contribution in [0, 0.1) is 0 Å². The smallest absolute Gasteiger partial charge is 0.224 e. The van der Waals surface area contributed by atoms with Crippen LogP contribution in [0.1, 0.15) is 181 Å². The van der Waals surface area contributed by atoms with Crippen LogP contribution in [0.15, 0.2) is 0 Å². The molecule has 1 amide bonds. The summed E-state index contributed by atoms with van der Waals surface area (Å²) in [6, 6.07) is 0. The van der Waals surface area contributed by atoms with Gasteiger partial charge in [0.15, 0.2) is 6.23 Å². The van der Waals surface area contributed by atoms with Crippen molar-refractivity contribution in [3.63, 3.8) is 0 Å². The molecule has 1 heterocycles. The molecular formula is C36H71NO6. The number of ether oxygens (including phenoxy) is 1. The minimum Gasteiger partial charge on any atom is -0.394 e. The van der Waals surface area contributed by atoms with E-state index in [1.165, 1.54) is 122 Å². The summed E-state index contributed by atoms with van der Waals surface area (Å²) in [4.78, 5) is 14.9. The van der Waals surface area contributed by atoms with Gasteiger partial charge in [-0.25, -0.2) is 0 Å². The number of carbonyl (C=O) groups excluding carboxylic acids is 1. The van der Waals surface area contributed by atoms with E-state index < -0.39 is 37.3 Å². The zero-order valence-corrected chi connectivity index (χ0v) is 28.2. The number of aliphatic hydroxyl groups is 4. The van der Waals surface area contributed by atoms with Crippen molar-refractivity contribution in [3.05, 3.63) is 0 Å². The highest BCUT2D eigenvalue weighted by molar-refractivity contribution is 5.76. The summed E-state index contributed by atoms with van der Waals surface area (Å²) in [5.41, 5.74) is 0. The number of aliphatic hydroxyl groups excluding tert-OH is 4. The van der Waals surface area contributed by atoms with Gasteiger partial charge < -0.3 is 30.1 Å². The lowest BCUT2D eigenvalue weighted by Crippen LogP contribution is -2.64. The Labute approximate surface area is 265 Å². The van der Waals surface area contributed by atoms with Crippen molar-refractivity contribution < 1.29 is 30.0 Å². The van der Waals surface area contributed by atoms with Gasteiger partial charge in [-0.1, -0.05) is 162 Å². The molecule has 0 aromatic rings. The molecule has 1 aliphatic rings. The van der Waals surface area contributed by atoms with Crippen LogP contribution in [0.3, 0.4) is 0 Å². The van der Waals surface area contributed by atoms with Crippen LogP contribution in [-0.2, 0) is 9.53 Å². The van der Waals surface area contributed by atoms with Crippen molar-refractivity contribution in [2.45, 2.75) is 211 Å². The van der Waals surface area contributed by atoms with Crippen LogP contribution in [0.5, 0.6) is 0 Å². The first-order valence-corrected chi connectivity index (χ1v) is 18.6. The van der Waals surface area contributed by atoms with E-state index in [1.54, 1.807) is 4.90 Å². The highest BCUT2D eigenvalue weighted by Gasteiger charge is 2.46. The lowest BCUT2D eigenvalue weighted by molar-refractivity contribution is -0.262. The first-order valence-electron chi connectivity index (χ1n) is 18.6. The molecule has 0 aromatic heterocycles. The minimum absolute atomic E-state index is 0.0880. The molecule has 5 atom stereocenters. The maximum absolute atomic E-state index is 13.3. The molecule has 0 unspecified atom stereocenters. The van der Waals surface area contributed by atoms with Crippen molar-refractivity contribution in [1.29, 1.82) is 0 Å². The van der Waals surface area contributed by atoms with E-state index in [0.29, 0.717) is 13.0 Å². The number of hydrogen-bond acceptors (Lipinski definition) is 6. The number of unbranched alkanes of at least 4 members (excludes halogenated alkanes) is 23. The molecule has 0 aromatic carbocycles. The molecule has 0 spiro atoms. The van der Waals surface area contributed by atoms with Crippen molar-refractivity contribution in [2.24, 2.45) is 0 Å². The Balaban J connectivity index is 2.34. The second-order valence-corrected chi connectivity index (χ2v) is 13.2. The number of nitrogens with zero attached hydrogens (tertiary/aromatic N) is 1. The molecule has 256 valence electrons. The van der Waals surface area contributed by atoms with E-state index in [2.05, 4.69) is 13.8 Å². The number of carbonyl (C=O) groups is 1. The SMILES string of the molecule is CCCCCCCCCCCCCCCCCC(=O)N(CCCCCCCCCCCC)[C@@H]1O[C@H](CO)[C@@H](O)[C@H](O)[C@H]1O. The molecule has 0 bridgehead atoms. The predicted molar refractivity (Wildman–Crippen MR) is 177 cm³/mol. The van der Waals surface area contributed by atoms with Crippen LogP contribution in [0.2, 0.25) is 0 Å². The lowest BCUT2D eigenvalue weighted by Gasteiger charge is -2.44. The minimum atomic E-state index is -1.47. The molecule has 1 saturated heterocycles. The molecule has 0 saturated carbocycles. The zero-order valence-electron chi connectivity index (χ0n) is 28.2. The fourth-order valence-electron chi connectivity index (χ4n) is 6.29. The van der Waals surface area contributed by atoms with Crippen LogP contribution >= 0.6 is 0 Å². The van der Waals surface area contributed by atoms with E-state index in [1.807, 2.05) is 0 Å². The fourth-order valence-corrected chi connectivity index (χ4v) is 6.29. The van der Waals surface area contributed by atoms with E-state index in [4.69, 9.17) is 4.74 Å². The predicted octanol–water partition coefficient (Wildman–Crippen LogP) is 7.80. The molecule has 1 aliphatic heterocycles. The maximum atomic E-state index is 13.3. The average molecular weight is 614 g/mol. The van der Waals surface area contributed by atoms with Crippen molar-refractivity contribution >= 4 is 5.91 Å². The largest absolute Gasteiger partial charge is 0.394 e. The third-order valence-electron chi connectivity index (χ3n) is 9.24. The van der Waals surface area contributed by atoms with Gasteiger partial charge in [-0.3, -0.25) is 4.79 Å². The number of hydrogen-bond donors (Lipinski definition) is 4. The highest BCUT2D eigenvalue weighted by Crippen LogP contribution is 2.25. The van der Waals surface area contributed by atoms with Crippen LogP contribution < -0.4 is 0 Å². The van der Waals surface area contributed by atoms with Crippen molar-refractivity contribution in [1.82, 2.24) is 4.90 Å². The van der Waals surface area contributed by atoms with Gasteiger partial charge in [0.25, 0.3) is 0 Å². The summed E-state index contributed by atoms with van der Waals surface area (Å²) in [7, 11) is 0. The molecule has 0 aliphatic carbocycles.